The minimum absolute atomic E-state index is 0.774. The summed E-state index contributed by atoms with van der Waals surface area (Å²) in [5, 5.41) is 1.91. The Morgan fingerprint density at radius 3 is 2.69 bits per heavy atom. The van der Waals surface area contributed by atoms with Crippen LogP contribution in [0, 0.1) is 0 Å². The number of thiazole rings is 1. The molecule has 0 amide bonds. The fraction of sp³-hybridized carbons (Fsp3) is 0. The van der Waals surface area contributed by atoms with Crippen molar-refractivity contribution in [2.24, 2.45) is 0 Å². The van der Waals surface area contributed by atoms with Gasteiger partial charge in [0, 0.05) is 11.6 Å². The third-order valence-electron chi connectivity index (χ3n) is 1.42. The quantitative estimate of drug-likeness (QED) is 0.730. The molecule has 0 bridgehead atoms. The number of pyridine rings is 1. The van der Waals surface area contributed by atoms with Crippen molar-refractivity contribution >= 4 is 23.0 Å². The van der Waals surface area contributed by atoms with Gasteiger partial charge in [-0.3, -0.25) is 10.9 Å². The third kappa shape index (κ3) is 2.16. The van der Waals surface area contributed by atoms with Gasteiger partial charge in [-0.05, 0) is 12.1 Å². The maximum atomic E-state index is 4.08. The number of hydrogen-bond acceptors (Lipinski definition) is 5. The predicted molar refractivity (Wildman–Crippen MR) is 53.6 cm³/mol. The zero-order valence-electron chi connectivity index (χ0n) is 6.77. The topological polar surface area (TPSA) is 49.8 Å². The fourth-order valence-electron chi connectivity index (χ4n) is 0.839. The molecule has 2 aromatic rings. The average Bonchev–Trinajstić information content (AvgIpc) is 2.69. The van der Waals surface area contributed by atoms with Crippen molar-refractivity contribution in [2.45, 2.75) is 0 Å². The van der Waals surface area contributed by atoms with Crippen molar-refractivity contribution in [1.82, 2.24) is 9.97 Å². The molecule has 0 fully saturated rings. The largest absolute Gasteiger partial charge is 0.283 e. The number of nitrogens with zero attached hydrogens (tertiary/aromatic N) is 2. The van der Waals surface area contributed by atoms with Crippen LogP contribution in [0.2, 0.25) is 0 Å². The van der Waals surface area contributed by atoms with E-state index in [9.17, 15) is 0 Å². The summed E-state index contributed by atoms with van der Waals surface area (Å²) < 4.78 is 0. The lowest BCUT2D eigenvalue weighted by Crippen LogP contribution is -2.09. The highest BCUT2D eigenvalue weighted by molar-refractivity contribution is 7.07. The van der Waals surface area contributed by atoms with Crippen LogP contribution in [0.4, 0.5) is 11.6 Å². The zero-order chi connectivity index (χ0) is 8.93. The van der Waals surface area contributed by atoms with E-state index in [2.05, 4.69) is 20.8 Å². The van der Waals surface area contributed by atoms with Crippen LogP contribution >= 0.6 is 11.3 Å². The number of hydrazine groups is 1. The zero-order valence-corrected chi connectivity index (χ0v) is 7.58. The molecule has 0 atom stereocenters. The van der Waals surface area contributed by atoms with Crippen molar-refractivity contribution < 1.29 is 0 Å². The summed E-state index contributed by atoms with van der Waals surface area (Å²) in [5.41, 5.74) is 7.62. The molecule has 0 aliphatic carbocycles. The Labute approximate surface area is 79.6 Å². The van der Waals surface area contributed by atoms with E-state index in [1.165, 1.54) is 0 Å². The minimum Gasteiger partial charge on any atom is -0.283 e. The highest BCUT2D eigenvalue weighted by Gasteiger charge is 1.92. The second kappa shape index (κ2) is 3.86. The first-order chi connectivity index (χ1) is 6.45. The first kappa shape index (κ1) is 8.00. The smallest absolute Gasteiger partial charge is 0.155 e. The van der Waals surface area contributed by atoms with Gasteiger partial charge in [-0.2, -0.15) is 0 Å². The Bertz CT molecular complexity index is 346. The standard InChI is InChI=1S/C8H8N4S/c1-2-4-9-7(3-1)11-12-8-5-13-6-10-8/h1-6,12H,(H,9,11). The molecular weight excluding hydrogens is 184 g/mol. The number of rotatable bonds is 3. The number of hydrogen-bond donors (Lipinski definition) is 2. The van der Waals surface area contributed by atoms with E-state index in [1.807, 2.05) is 23.6 Å². The van der Waals surface area contributed by atoms with Gasteiger partial charge in [0.05, 0.1) is 5.51 Å². The van der Waals surface area contributed by atoms with E-state index in [0.29, 0.717) is 0 Å². The molecule has 0 unspecified atom stereocenters. The third-order valence-corrected chi connectivity index (χ3v) is 2.00. The molecule has 13 heavy (non-hydrogen) atoms. The maximum absolute atomic E-state index is 4.08. The van der Waals surface area contributed by atoms with Crippen LogP contribution < -0.4 is 10.9 Å². The van der Waals surface area contributed by atoms with Crippen molar-refractivity contribution in [3.05, 3.63) is 35.3 Å². The summed E-state index contributed by atoms with van der Waals surface area (Å²) in [7, 11) is 0. The number of aromatic nitrogens is 2. The molecule has 4 nitrogen and oxygen atoms in total. The van der Waals surface area contributed by atoms with E-state index >= 15 is 0 Å². The van der Waals surface area contributed by atoms with E-state index in [1.54, 1.807) is 23.0 Å². The lowest BCUT2D eigenvalue weighted by atomic mass is 10.5. The van der Waals surface area contributed by atoms with Gasteiger partial charge in [-0.1, -0.05) is 6.07 Å². The molecule has 5 heteroatoms. The predicted octanol–water partition coefficient (Wildman–Crippen LogP) is 1.98. The second-order valence-electron chi connectivity index (χ2n) is 2.34. The molecule has 2 rings (SSSR count). The Morgan fingerprint density at radius 1 is 1.08 bits per heavy atom. The Balaban J connectivity index is 1.94. The van der Waals surface area contributed by atoms with E-state index in [-0.39, 0.29) is 0 Å². The molecule has 0 aliphatic rings. The maximum Gasteiger partial charge on any atom is 0.155 e. The summed E-state index contributed by atoms with van der Waals surface area (Å²) in [6.07, 6.45) is 1.73. The molecule has 0 aliphatic heterocycles. The molecule has 66 valence electrons. The average molecular weight is 192 g/mol. The van der Waals surface area contributed by atoms with Gasteiger partial charge in [0.15, 0.2) is 5.82 Å². The highest BCUT2D eigenvalue weighted by Crippen LogP contribution is 2.07. The van der Waals surface area contributed by atoms with Gasteiger partial charge >= 0.3 is 0 Å². The van der Waals surface area contributed by atoms with Gasteiger partial charge in [0.1, 0.15) is 5.82 Å². The van der Waals surface area contributed by atoms with Gasteiger partial charge in [-0.25, -0.2) is 9.97 Å². The van der Waals surface area contributed by atoms with Crippen LogP contribution in [0.5, 0.6) is 0 Å². The van der Waals surface area contributed by atoms with Crippen LogP contribution in [0.3, 0.4) is 0 Å². The fourth-order valence-corrected chi connectivity index (χ4v) is 1.32. The van der Waals surface area contributed by atoms with Crippen LogP contribution in [0.25, 0.3) is 0 Å². The Morgan fingerprint density at radius 2 is 2.00 bits per heavy atom. The number of nitrogens with one attached hydrogen (secondary N) is 2. The van der Waals surface area contributed by atoms with Gasteiger partial charge in [0.2, 0.25) is 0 Å². The van der Waals surface area contributed by atoms with Crippen LogP contribution in [-0.4, -0.2) is 9.97 Å². The Hall–Kier alpha value is -1.62. The molecule has 0 saturated heterocycles. The van der Waals surface area contributed by atoms with E-state index < -0.39 is 0 Å². The van der Waals surface area contributed by atoms with Crippen molar-refractivity contribution in [3.8, 4) is 0 Å². The first-order valence-electron chi connectivity index (χ1n) is 3.76. The molecule has 2 aromatic heterocycles. The monoisotopic (exact) mass is 192 g/mol. The van der Waals surface area contributed by atoms with Gasteiger partial charge in [0.25, 0.3) is 0 Å². The summed E-state index contributed by atoms with van der Waals surface area (Å²) in [6, 6.07) is 5.66. The molecule has 2 heterocycles. The van der Waals surface area contributed by atoms with Gasteiger partial charge in [-0.15, -0.1) is 11.3 Å². The lowest BCUT2D eigenvalue weighted by molar-refractivity contribution is 1.24. The molecule has 0 radical (unpaired) electrons. The summed E-state index contributed by atoms with van der Waals surface area (Å²) in [6.45, 7) is 0. The van der Waals surface area contributed by atoms with Crippen LogP contribution in [0.15, 0.2) is 35.3 Å². The van der Waals surface area contributed by atoms with E-state index in [4.69, 9.17) is 0 Å². The molecule has 0 aromatic carbocycles. The van der Waals surface area contributed by atoms with E-state index in [0.717, 1.165) is 11.6 Å². The minimum atomic E-state index is 0.774. The van der Waals surface area contributed by atoms with Crippen molar-refractivity contribution in [1.29, 1.82) is 0 Å². The second-order valence-corrected chi connectivity index (χ2v) is 3.06. The SMILES string of the molecule is c1ccc(NNc2cscn2)nc1. The highest BCUT2D eigenvalue weighted by atomic mass is 32.1. The lowest BCUT2D eigenvalue weighted by Gasteiger charge is -2.04. The number of anilines is 2. The molecule has 0 saturated carbocycles. The Kier molecular flexibility index (Phi) is 2.38. The van der Waals surface area contributed by atoms with Crippen molar-refractivity contribution in [3.63, 3.8) is 0 Å². The van der Waals surface area contributed by atoms with Crippen LogP contribution in [-0.2, 0) is 0 Å². The first-order valence-corrected chi connectivity index (χ1v) is 4.71. The van der Waals surface area contributed by atoms with Gasteiger partial charge < -0.3 is 0 Å². The summed E-state index contributed by atoms with van der Waals surface area (Å²) in [4.78, 5) is 8.13. The van der Waals surface area contributed by atoms with Crippen molar-refractivity contribution in [2.75, 3.05) is 10.9 Å². The summed E-state index contributed by atoms with van der Waals surface area (Å²) in [5.74, 6) is 1.58. The molecule has 0 spiro atoms. The molecular formula is C8H8N4S. The van der Waals surface area contributed by atoms with Crippen LogP contribution in [0.1, 0.15) is 0 Å². The molecule has 2 N–H and O–H groups in total. The summed E-state index contributed by atoms with van der Waals surface area (Å²) >= 11 is 1.54. The normalized spacial score (nSPS) is 9.54.